The van der Waals surface area contributed by atoms with Gasteiger partial charge in [0, 0.05) is 5.56 Å². The molecule has 4 nitrogen and oxygen atoms in total. The topological polar surface area (TPSA) is 70.1 Å². The number of nitrogens with zero attached hydrogens (tertiary/aromatic N) is 2. The molecule has 0 aromatic heterocycles. The zero-order valence-electron chi connectivity index (χ0n) is 10.6. The second kappa shape index (κ2) is 5.85. The number of nitriles is 1. The number of rotatable bonds is 4. The molecule has 0 radical (unpaired) electrons. The normalized spacial score (nSPS) is 9.80. The molecule has 2 aromatic rings. The van der Waals surface area contributed by atoms with Gasteiger partial charge < -0.3 is 5.73 Å². The van der Waals surface area contributed by atoms with E-state index in [9.17, 15) is 9.18 Å². The second-order valence-corrected chi connectivity index (χ2v) is 4.22. The van der Waals surface area contributed by atoms with Crippen molar-refractivity contribution in [3.63, 3.8) is 0 Å². The Labute approximate surface area is 115 Å². The third-order valence-electron chi connectivity index (χ3n) is 2.84. The van der Waals surface area contributed by atoms with E-state index in [1.807, 2.05) is 6.19 Å². The van der Waals surface area contributed by atoms with Gasteiger partial charge >= 0.3 is 0 Å². The van der Waals surface area contributed by atoms with Gasteiger partial charge in [-0.2, -0.15) is 5.26 Å². The Morgan fingerprint density at radius 2 is 1.75 bits per heavy atom. The van der Waals surface area contributed by atoms with Crippen molar-refractivity contribution in [2.75, 3.05) is 4.90 Å². The number of anilines is 1. The van der Waals surface area contributed by atoms with Crippen molar-refractivity contribution in [2.45, 2.75) is 6.54 Å². The Hall–Kier alpha value is -2.87. The highest BCUT2D eigenvalue weighted by atomic mass is 19.1. The fourth-order valence-electron chi connectivity index (χ4n) is 1.76. The van der Waals surface area contributed by atoms with Crippen LogP contribution in [0.5, 0.6) is 0 Å². The van der Waals surface area contributed by atoms with Crippen molar-refractivity contribution in [1.29, 1.82) is 5.26 Å². The molecular weight excluding hydrogens is 257 g/mol. The molecule has 0 spiro atoms. The number of halogens is 1. The van der Waals surface area contributed by atoms with Gasteiger partial charge in [0.05, 0.1) is 12.2 Å². The lowest BCUT2D eigenvalue weighted by molar-refractivity contribution is 0.100. The number of amides is 1. The van der Waals surface area contributed by atoms with E-state index in [2.05, 4.69) is 0 Å². The Bertz CT molecular complexity index is 644. The van der Waals surface area contributed by atoms with Crippen molar-refractivity contribution < 1.29 is 9.18 Å². The summed E-state index contributed by atoms with van der Waals surface area (Å²) in [4.78, 5) is 12.4. The molecule has 2 rings (SSSR count). The van der Waals surface area contributed by atoms with Gasteiger partial charge in [0.15, 0.2) is 6.19 Å². The quantitative estimate of drug-likeness (QED) is 0.684. The highest BCUT2D eigenvalue weighted by Crippen LogP contribution is 2.17. The van der Waals surface area contributed by atoms with Crippen LogP contribution in [-0.2, 0) is 6.54 Å². The van der Waals surface area contributed by atoms with E-state index in [1.54, 1.807) is 24.3 Å². The Kier molecular flexibility index (Phi) is 3.96. The molecule has 0 fully saturated rings. The van der Waals surface area contributed by atoms with Crippen molar-refractivity contribution >= 4 is 11.6 Å². The molecule has 20 heavy (non-hydrogen) atoms. The molecule has 2 N–H and O–H groups in total. The largest absolute Gasteiger partial charge is 0.366 e. The number of carbonyl (C=O) groups excluding carboxylic acids is 1. The average molecular weight is 269 g/mol. The maximum Gasteiger partial charge on any atom is 0.248 e. The monoisotopic (exact) mass is 269 g/mol. The van der Waals surface area contributed by atoms with E-state index in [0.717, 1.165) is 5.56 Å². The SMILES string of the molecule is N#CN(Cc1ccc(C(N)=O)cc1)c1ccc(F)cc1. The van der Waals surface area contributed by atoms with E-state index in [-0.39, 0.29) is 5.82 Å². The van der Waals surface area contributed by atoms with Crippen LogP contribution in [0.15, 0.2) is 48.5 Å². The minimum absolute atomic E-state index is 0.334. The molecule has 5 heteroatoms. The molecule has 0 aliphatic carbocycles. The van der Waals surface area contributed by atoms with Gasteiger partial charge in [0.25, 0.3) is 0 Å². The number of benzene rings is 2. The smallest absolute Gasteiger partial charge is 0.248 e. The molecule has 0 saturated carbocycles. The van der Waals surface area contributed by atoms with Crippen molar-refractivity contribution in [3.8, 4) is 6.19 Å². The van der Waals surface area contributed by atoms with Gasteiger partial charge in [-0.25, -0.2) is 4.39 Å². The minimum Gasteiger partial charge on any atom is -0.366 e. The van der Waals surface area contributed by atoms with Crippen LogP contribution < -0.4 is 10.6 Å². The van der Waals surface area contributed by atoms with Gasteiger partial charge in [0.2, 0.25) is 5.91 Å². The number of carbonyl (C=O) groups is 1. The van der Waals surface area contributed by atoms with E-state index in [0.29, 0.717) is 17.8 Å². The van der Waals surface area contributed by atoms with Crippen molar-refractivity contribution in [1.82, 2.24) is 0 Å². The van der Waals surface area contributed by atoms with Crippen LogP contribution in [0.4, 0.5) is 10.1 Å². The molecule has 2 aromatic carbocycles. The summed E-state index contributed by atoms with van der Waals surface area (Å²) >= 11 is 0. The summed E-state index contributed by atoms with van der Waals surface area (Å²) in [6.45, 7) is 0.334. The summed E-state index contributed by atoms with van der Waals surface area (Å²) < 4.78 is 12.9. The highest BCUT2D eigenvalue weighted by Gasteiger charge is 2.07. The van der Waals surface area contributed by atoms with Gasteiger partial charge in [-0.05, 0) is 42.0 Å². The van der Waals surface area contributed by atoms with Gasteiger partial charge in [-0.3, -0.25) is 9.69 Å². The van der Waals surface area contributed by atoms with Crippen molar-refractivity contribution in [3.05, 3.63) is 65.5 Å². The first-order valence-electron chi connectivity index (χ1n) is 5.92. The average Bonchev–Trinajstić information content (AvgIpc) is 2.46. The van der Waals surface area contributed by atoms with Gasteiger partial charge in [-0.15, -0.1) is 0 Å². The molecule has 1 amide bonds. The number of hydrogen-bond acceptors (Lipinski definition) is 3. The first kappa shape index (κ1) is 13.6. The predicted octanol–water partition coefficient (Wildman–Crippen LogP) is 2.41. The van der Waals surface area contributed by atoms with E-state index >= 15 is 0 Å². The maximum absolute atomic E-state index is 12.9. The summed E-state index contributed by atoms with van der Waals surface area (Å²) in [7, 11) is 0. The molecule has 0 atom stereocenters. The summed E-state index contributed by atoms with van der Waals surface area (Å²) in [6, 6.07) is 12.4. The van der Waals surface area contributed by atoms with Gasteiger partial charge in [-0.1, -0.05) is 12.1 Å². The third kappa shape index (κ3) is 3.12. The number of nitrogens with two attached hydrogens (primary N) is 1. The molecule has 0 aliphatic rings. The second-order valence-electron chi connectivity index (χ2n) is 4.22. The molecular formula is C15H12FN3O. The predicted molar refractivity (Wildman–Crippen MR) is 73.2 cm³/mol. The summed E-state index contributed by atoms with van der Waals surface area (Å²) in [5, 5.41) is 9.16. The van der Waals surface area contributed by atoms with E-state index in [1.165, 1.54) is 29.2 Å². The van der Waals surface area contributed by atoms with Crippen LogP contribution >= 0.6 is 0 Å². The molecule has 0 saturated heterocycles. The zero-order valence-corrected chi connectivity index (χ0v) is 10.6. The van der Waals surface area contributed by atoms with Crippen LogP contribution in [0.25, 0.3) is 0 Å². The lowest BCUT2D eigenvalue weighted by Gasteiger charge is -2.15. The molecule has 0 unspecified atom stereocenters. The maximum atomic E-state index is 12.9. The first-order chi connectivity index (χ1) is 9.60. The Morgan fingerprint density at radius 1 is 1.15 bits per heavy atom. The van der Waals surface area contributed by atoms with Crippen LogP contribution in [-0.4, -0.2) is 5.91 Å². The number of primary amides is 1. The summed E-state index contributed by atoms with van der Waals surface area (Å²) in [5.41, 5.74) is 7.03. The highest BCUT2D eigenvalue weighted by molar-refractivity contribution is 5.92. The molecule has 0 aliphatic heterocycles. The third-order valence-corrected chi connectivity index (χ3v) is 2.84. The molecule has 100 valence electrons. The lowest BCUT2D eigenvalue weighted by Crippen LogP contribution is -2.16. The fourth-order valence-corrected chi connectivity index (χ4v) is 1.76. The standard InChI is InChI=1S/C15H12FN3O/c16-13-5-7-14(8-6-13)19(10-17)9-11-1-3-12(4-2-11)15(18)20/h1-8H,9H2,(H2,18,20). The Morgan fingerprint density at radius 3 is 2.25 bits per heavy atom. The van der Waals surface area contributed by atoms with Crippen LogP contribution in [0.3, 0.4) is 0 Å². The lowest BCUT2D eigenvalue weighted by atomic mass is 10.1. The van der Waals surface area contributed by atoms with Crippen LogP contribution in [0.2, 0.25) is 0 Å². The van der Waals surface area contributed by atoms with Gasteiger partial charge in [0.1, 0.15) is 5.82 Å². The van der Waals surface area contributed by atoms with E-state index in [4.69, 9.17) is 11.0 Å². The molecule has 0 bridgehead atoms. The summed E-state index contributed by atoms with van der Waals surface area (Å²) in [6.07, 6.45) is 2.04. The van der Waals surface area contributed by atoms with Crippen molar-refractivity contribution in [2.24, 2.45) is 5.73 Å². The number of hydrogen-bond donors (Lipinski definition) is 1. The fraction of sp³-hybridized carbons (Fsp3) is 0.0667. The van der Waals surface area contributed by atoms with Crippen LogP contribution in [0, 0.1) is 17.3 Å². The Balaban J connectivity index is 2.16. The summed E-state index contributed by atoms with van der Waals surface area (Å²) in [5.74, 6) is -0.843. The zero-order chi connectivity index (χ0) is 14.5. The minimum atomic E-state index is -0.493. The van der Waals surface area contributed by atoms with E-state index < -0.39 is 5.91 Å². The van der Waals surface area contributed by atoms with Crippen LogP contribution in [0.1, 0.15) is 15.9 Å². The molecule has 0 heterocycles. The first-order valence-corrected chi connectivity index (χ1v) is 5.92.